The van der Waals surface area contributed by atoms with Gasteiger partial charge in [0.05, 0.1) is 30.7 Å². The van der Waals surface area contributed by atoms with Crippen LogP contribution in [-0.4, -0.2) is 37.3 Å². The lowest BCUT2D eigenvalue weighted by molar-refractivity contribution is 0.0734. The van der Waals surface area contributed by atoms with Crippen LogP contribution in [0.15, 0.2) is 42.7 Å². The predicted molar refractivity (Wildman–Crippen MR) is 97.4 cm³/mol. The Morgan fingerprint density at radius 1 is 1.12 bits per heavy atom. The molecular formula is C20H24N2O3. The number of ether oxygens (including phenoxy) is 2. The predicted octanol–water partition coefficient (Wildman–Crippen LogP) is 3.43. The molecule has 1 aliphatic rings. The first-order chi connectivity index (χ1) is 11.9. The lowest BCUT2D eigenvalue weighted by Crippen LogP contribution is -2.36. The van der Waals surface area contributed by atoms with Crippen molar-refractivity contribution >= 4 is 11.7 Å². The zero-order valence-corrected chi connectivity index (χ0v) is 15.0. The van der Waals surface area contributed by atoms with Crippen molar-refractivity contribution in [2.45, 2.75) is 26.2 Å². The summed E-state index contributed by atoms with van der Waals surface area (Å²) in [5, 5.41) is 0. The summed E-state index contributed by atoms with van der Waals surface area (Å²) in [5.74, 6) is 0.140. The number of hydrogen-bond donors (Lipinski definition) is 0. The molecule has 0 N–H and O–H groups in total. The molecule has 5 heteroatoms. The van der Waals surface area contributed by atoms with Crippen LogP contribution in [0.5, 0.6) is 5.75 Å². The number of benzene rings is 1. The van der Waals surface area contributed by atoms with E-state index in [1.807, 2.05) is 30.3 Å². The fraction of sp³-hybridized carbons (Fsp3) is 0.400. The Kier molecular flexibility index (Phi) is 5.04. The number of nitrogens with zero attached hydrogens (tertiary/aromatic N) is 2. The molecule has 0 unspecified atom stereocenters. The van der Waals surface area contributed by atoms with Crippen molar-refractivity contribution in [3.8, 4) is 5.75 Å². The number of pyridine rings is 1. The third-order valence-electron chi connectivity index (χ3n) is 4.27. The third-order valence-corrected chi connectivity index (χ3v) is 4.27. The number of anilines is 1. The largest absolute Gasteiger partial charge is 0.423 e. The maximum absolute atomic E-state index is 12.4. The molecule has 1 aromatic carbocycles. The summed E-state index contributed by atoms with van der Waals surface area (Å²) in [6, 6.07) is 9.47. The second-order valence-corrected chi connectivity index (χ2v) is 7.20. The van der Waals surface area contributed by atoms with Gasteiger partial charge in [0.25, 0.3) is 0 Å². The maximum Gasteiger partial charge on any atom is 0.345 e. The van der Waals surface area contributed by atoms with Crippen molar-refractivity contribution < 1.29 is 14.3 Å². The van der Waals surface area contributed by atoms with Gasteiger partial charge in [-0.15, -0.1) is 0 Å². The molecule has 2 aromatic rings. The lowest BCUT2D eigenvalue weighted by Gasteiger charge is -2.28. The van der Waals surface area contributed by atoms with Crippen LogP contribution in [-0.2, 0) is 10.2 Å². The van der Waals surface area contributed by atoms with Gasteiger partial charge in [0, 0.05) is 19.3 Å². The normalized spacial score (nSPS) is 15.1. The van der Waals surface area contributed by atoms with Crippen LogP contribution in [0, 0.1) is 0 Å². The molecule has 25 heavy (non-hydrogen) atoms. The molecular weight excluding hydrogens is 316 g/mol. The number of esters is 1. The van der Waals surface area contributed by atoms with Gasteiger partial charge in [-0.1, -0.05) is 32.9 Å². The summed E-state index contributed by atoms with van der Waals surface area (Å²) in [6.45, 7) is 9.43. The van der Waals surface area contributed by atoms with Crippen molar-refractivity contribution in [1.82, 2.24) is 4.98 Å². The fourth-order valence-corrected chi connectivity index (χ4v) is 2.72. The van der Waals surface area contributed by atoms with E-state index in [1.165, 1.54) is 11.8 Å². The van der Waals surface area contributed by atoms with E-state index in [2.05, 4.69) is 30.7 Å². The molecule has 0 atom stereocenters. The number of hydrogen-bond acceptors (Lipinski definition) is 5. The van der Waals surface area contributed by atoms with Gasteiger partial charge in [-0.3, -0.25) is 4.98 Å². The van der Waals surface area contributed by atoms with E-state index in [0.717, 1.165) is 18.8 Å². The molecule has 1 fully saturated rings. The van der Waals surface area contributed by atoms with Gasteiger partial charge in [0.2, 0.25) is 0 Å². The van der Waals surface area contributed by atoms with E-state index in [0.29, 0.717) is 24.5 Å². The Hall–Kier alpha value is -2.40. The Labute approximate surface area is 148 Å². The molecule has 1 saturated heterocycles. The molecule has 0 spiro atoms. The highest BCUT2D eigenvalue weighted by molar-refractivity contribution is 5.91. The fourth-order valence-electron chi connectivity index (χ4n) is 2.72. The molecule has 3 rings (SSSR count). The van der Waals surface area contributed by atoms with Crippen molar-refractivity contribution in [3.05, 3.63) is 53.9 Å². The third kappa shape index (κ3) is 4.37. The molecule has 1 aliphatic heterocycles. The summed E-state index contributed by atoms with van der Waals surface area (Å²) < 4.78 is 10.8. The first kappa shape index (κ1) is 17.4. The molecule has 0 bridgehead atoms. The SMILES string of the molecule is CC(C)(C)c1ccc(OC(=O)c2cncc(N3CCOCC3)c2)cc1. The van der Waals surface area contributed by atoms with E-state index in [-0.39, 0.29) is 5.41 Å². The zero-order chi connectivity index (χ0) is 17.9. The minimum atomic E-state index is -0.397. The number of morpholine rings is 1. The molecule has 2 heterocycles. The van der Waals surface area contributed by atoms with Crippen LogP contribution in [0.25, 0.3) is 0 Å². The van der Waals surface area contributed by atoms with Crippen LogP contribution in [0.2, 0.25) is 0 Å². The molecule has 0 saturated carbocycles. The van der Waals surface area contributed by atoms with Crippen LogP contribution < -0.4 is 9.64 Å². The molecule has 5 nitrogen and oxygen atoms in total. The number of aromatic nitrogens is 1. The first-order valence-electron chi connectivity index (χ1n) is 8.54. The van der Waals surface area contributed by atoms with Crippen molar-refractivity contribution in [2.24, 2.45) is 0 Å². The quantitative estimate of drug-likeness (QED) is 0.633. The van der Waals surface area contributed by atoms with Gasteiger partial charge in [0.1, 0.15) is 5.75 Å². The number of rotatable bonds is 3. The molecule has 1 aromatic heterocycles. The van der Waals surface area contributed by atoms with Gasteiger partial charge in [0.15, 0.2) is 0 Å². The van der Waals surface area contributed by atoms with Gasteiger partial charge in [-0.05, 0) is 29.2 Å². The summed E-state index contributed by atoms with van der Waals surface area (Å²) in [7, 11) is 0. The maximum atomic E-state index is 12.4. The minimum absolute atomic E-state index is 0.0684. The highest BCUT2D eigenvalue weighted by Crippen LogP contribution is 2.25. The van der Waals surface area contributed by atoms with Crippen molar-refractivity contribution in [1.29, 1.82) is 0 Å². The van der Waals surface area contributed by atoms with Gasteiger partial charge in [-0.25, -0.2) is 4.79 Å². The molecule has 0 radical (unpaired) electrons. The van der Waals surface area contributed by atoms with Crippen molar-refractivity contribution in [3.63, 3.8) is 0 Å². The second kappa shape index (κ2) is 7.23. The average Bonchev–Trinajstić information content (AvgIpc) is 2.62. The average molecular weight is 340 g/mol. The summed E-state index contributed by atoms with van der Waals surface area (Å²) in [6.07, 6.45) is 3.30. The van der Waals surface area contributed by atoms with E-state index >= 15 is 0 Å². The highest BCUT2D eigenvalue weighted by Gasteiger charge is 2.16. The van der Waals surface area contributed by atoms with Crippen LogP contribution >= 0.6 is 0 Å². The van der Waals surface area contributed by atoms with Crippen LogP contribution in [0.3, 0.4) is 0 Å². The van der Waals surface area contributed by atoms with Crippen LogP contribution in [0.1, 0.15) is 36.7 Å². The van der Waals surface area contributed by atoms with E-state index in [9.17, 15) is 4.79 Å². The number of carbonyl (C=O) groups is 1. The standard InChI is InChI=1S/C20H24N2O3/c1-20(2,3)16-4-6-18(7-5-16)25-19(23)15-12-17(14-21-13-15)22-8-10-24-11-9-22/h4-7,12-14H,8-11H2,1-3H3. The monoisotopic (exact) mass is 340 g/mol. The first-order valence-corrected chi connectivity index (χ1v) is 8.54. The second-order valence-electron chi connectivity index (χ2n) is 7.20. The summed E-state index contributed by atoms with van der Waals surface area (Å²) in [4.78, 5) is 18.8. The zero-order valence-electron chi connectivity index (χ0n) is 15.0. The van der Waals surface area contributed by atoms with Gasteiger partial charge in [-0.2, -0.15) is 0 Å². The smallest absolute Gasteiger partial charge is 0.345 e. The van der Waals surface area contributed by atoms with E-state index in [4.69, 9.17) is 9.47 Å². The van der Waals surface area contributed by atoms with E-state index < -0.39 is 5.97 Å². The summed E-state index contributed by atoms with van der Waals surface area (Å²) >= 11 is 0. The molecule has 0 aliphatic carbocycles. The Morgan fingerprint density at radius 2 is 1.80 bits per heavy atom. The minimum Gasteiger partial charge on any atom is -0.423 e. The van der Waals surface area contributed by atoms with Crippen LogP contribution in [0.4, 0.5) is 5.69 Å². The summed E-state index contributed by atoms with van der Waals surface area (Å²) in [5.41, 5.74) is 2.63. The highest BCUT2D eigenvalue weighted by atomic mass is 16.5. The van der Waals surface area contributed by atoms with E-state index in [1.54, 1.807) is 6.20 Å². The van der Waals surface area contributed by atoms with Gasteiger partial charge >= 0.3 is 5.97 Å². The topological polar surface area (TPSA) is 51.7 Å². The molecule has 0 amide bonds. The molecule has 132 valence electrons. The Balaban J connectivity index is 1.70. The van der Waals surface area contributed by atoms with Gasteiger partial charge < -0.3 is 14.4 Å². The van der Waals surface area contributed by atoms with Crippen molar-refractivity contribution in [2.75, 3.05) is 31.2 Å². The lowest BCUT2D eigenvalue weighted by atomic mass is 9.87. The Bertz CT molecular complexity index is 729. The number of carbonyl (C=O) groups excluding carboxylic acids is 1. The Morgan fingerprint density at radius 3 is 2.44 bits per heavy atom.